The highest BCUT2D eigenvalue weighted by molar-refractivity contribution is 5.69. The van der Waals surface area contributed by atoms with Crippen LogP contribution >= 0.6 is 0 Å². The van der Waals surface area contributed by atoms with Crippen molar-refractivity contribution in [1.29, 1.82) is 0 Å². The number of carbonyl (C=O) groups excluding carboxylic acids is 1. The van der Waals surface area contributed by atoms with Gasteiger partial charge in [-0.1, -0.05) is 54.4 Å². The minimum Gasteiger partial charge on any atom is -0.465 e. The zero-order valence-corrected chi connectivity index (χ0v) is 13.9. The summed E-state index contributed by atoms with van der Waals surface area (Å²) in [5, 5.41) is 0. The summed E-state index contributed by atoms with van der Waals surface area (Å²) in [6, 6.07) is 0. The molecule has 0 N–H and O–H groups in total. The van der Waals surface area contributed by atoms with Crippen molar-refractivity contribution in [3.05, 3.63) is 0 Å². The number of ether oxygens (including phenoxy) is 1. The molecular weight excluding hydrogens is 236 g/mol. The Labute approximate surface area is 120 Å². The third-order valence-corrected chi connectivity index (χ3v) is 3.71. The Morgan fingerprint density at radius 2 is 1.79 bits per heavy atom. The predicted octanol–water partition coefficient (Wildman–Crippen LogP) is 5.21. The second kappa shape index (κ2) is 9.39. The minimum absolute atomic E-state index is 0.0186. The quantitative estimate of drug-likeness (QED) is 0.425. The summed E-state index contributed by atoms with van der Waals surface area (Å²) in [6.07, 6.45) is 6.07. The molecule has 2 atom stereocenters. The largest absolute Gasteiger partial charge is 0.465 e. The predicted molar refractivity (Wildman–Crippen MR) is 82.1 cm³/mol. The Morgan fingerprint density at radius 3 is 2.26 bits per heavy atom. The number of esters is 1. The van der Waals surface area contributed by atoms with Gasteiger partial charge in [-0.3, -0.25) is 4.79 Å². The molecule has 0 spiro atoms. The van der Waals surface area contributed by atoms with Gasteiger partial charge in [-0.2, -0.15) is 0 Å². The van der Waals surface area contributed by atoms with Crippen molar-refractivity contribution in [1.82, 2.24) is 0 Å². The third-order valence-electron chi connectivity index (χ3n) is 3.71. The highest BCUT2D eigenvalue weighted by atomic mass is 16.5. The molecule has 19 heavy (non-hydrogen) atoms. The lowest BCUT2D eigenvalue weighted by molar-refractivity contribution is -0.145. The number of unbranched alkanes of at least 4 members (excludes halogenated alkanes) is 2. The van der Waals surface area contributed by atoms with E-state index in [4.69, 9.17) is 4.74 Å². The van der Waals surface area contributed by atoms with Crippen molar-refractivity contribution < 1.29 is 9.53 Å². The van der Waals surface area contributed by atoms with E-state index in [0.29, 0.717) is 30.3 Å². The Bertz CT molecular complexity index is 240. The van der Waals surface area contributed by atoms with Gasteiger partial charge in [0.25, 0.3) is 0 Å². The first-order valence-corrected chi connectivity index (χ1v) is 7.95. The molecule has 0 radical (unpaired) electrons. The standard InChI is InChI=1S/C17H34O2/c1-7-9-10-11-16(18)19-13-15(8-2)14(3)12-17(4,5)6/h14-15H,7-13H2,1-6H3. The normalized spacial score (nSPS) is 15.1. The molecule has 114 valence electrons. The van der Waals surface area contributed by atoms with E-state index >= 15 is 0 Å². The first-order valence-electron chi connectivity index (χ1n) is 7.95. The van der Waals surface area contributed by atoms with Gasteiger partial charge in [0.15, 0.2) is 0 Å². The average molecular weight is 270 g/mol. The summed E-state index contributed by atoms with van der Waals surface area (Å²) in [4.78, 5) is 11.6. The van der Waals surface area contributed by atoms with Crippen molar-refractivity contribution in [3.63, 3.8) is 0 Å². The van der Waals surface area contributed by atoms with Crippen LogP contribution < -0.4 is 0 Å². The van der Waals surface area contributed by atoms with Gasteiger partial charge in [-0.05, 0) is 36.5 Å². The maximum atomic E-state index is 11.6. The summed E-state index contributed by atoms with van der Waals surface area (Å²) < 4.78 is 5.44. The molecule has 2 heteroatoms. The van der Waals surface area contributed by atoms with Gasteiger partial charge in [0, 0.05) is 6.42 Å². The maximum absolute atomic E-state index is 11.6. The number of rotatable bonds is 9. The summed E-state index contributed by atoms with van der Waals surface area (Å²) in [7, 11) is 0. The van der Waals surface area contributed by atoms with Gasteiger partial charge in [0.05, 0.1) is 6.61 Å². The van der Waals surface area contributed by atoms with E-state index in [1.807, 2.05) is 0 Å². The monoisotopic (exact) mass is 270 g/mol. The minimum atomic E-state index is -0.0186. The lowest BCUT2D eigenvalue weighted by Crippen LogP contribution is -2.23. The fraction of sp³-hybridized carbons (Fsp3) is 0.941. The van der Waals surface area contributed by atoms with Gasteiger partial charge in [0.2, 0.25) is 0 Å². The summed E-state index contributed by atoms with van der Waals surface area (Å²) in [5.41, 5.74) is 0.345. The molecule has 0 aliphatic heterocycles. The number of hydrogen-bond donors (Lipinski definition) is 0. The van der Waals surface area contributed by atoms with Crippen LogP contribution in [0.1, 0.15) is 80.1 Å². The van der Waals surface area contributed by atoms with Crippen LogP contribution in [-0.4, -0.2) is 12.6 Å². The molecule has 0 rings (SSSR count). The van der Waals surface area contributed by atoms with E-state index in [2.05, 4.69) is 41.5 Å². The van der Waals surface area contributed by atoms with E-state index in [1.165, 1.54) is 6.42 Å². The molecule has 0 aromatic rings. The van der Waals surface area contributed by atoms with Crippen molar-refractivity contribution >= 4 is 5.97 Å². The van der Waals surface area contributed by atoms with Crippen LogP contribution in [0.25, 0.3) is 0 Å². The van der Waals surface area contributed by atoms with Crippen molar-refractivity contribution in [3.8, 4) is 0 Å². The Hall–Kier alpha value is -0.530. The second-order valence-corrected chi connectivity index (χ2v) is 7.05. The van der Waals surface area contributed by atoms with Crippen molar-refractivity contribution in [2.75, 3.05) is 6.61 Å². The summed E-state index contributed by atoms with van der Waals surface area (Å²) in [6.45, 7) is 14.0. The molecule has 0 bridgehead atoms. The van der Waals surface area contributed by atoms with E-state index in [9.17, 15) is 4.79 Å². The first-order chi connectivity index (χ1) is 8.80. The molecule has 0 saturated carbocycles. The van der Waals surface area contributed by atoms with E-state index in [0.717, 1.165) is 25.7 Å². The molecule has 2 nitrogen and oxygen atoms in total. The van der Waals surface area contributed by atoms with Crippen LogP contribution in [-0.2, 0) is 9.53 Å². The highest BCUT2D eigenvalue weighted by Crippen LogP contribution is 2.30. The van der Waals surface area contributed by atoms with Crippen LogP contribution in [0, 0.1) is 17.3 Å². The van der Waals surface area contributed by atoms with Gasteiger partial charge < -0.3 is 4.74 Å². The highest BCUT2D eigenvalue weighted by Gasteiger charge is 2.22. The third kappa shape index (κ3) is 9.98. The summed E-state index contributed by atoms with van der Waals surface area (Å²) in [5.74, 6) is 1.08. The molecule has 0 saturated heterocycles. The Kier molecular flexibility index (Phi) is 9.12. The second-order valence-electron chi connectivity index (χ2n) is 7.05. The van der Waals surface area contributed by atoms with Gasteiger partial charge in [-0.15, -0.1) is 0 Å². The molecule has 2 unspecified atom stereocenters. The molecule has 0 heterocycles. The Morgan fingerprint density at radius 1 is 1.16 bits per heavy atom. The molecule has 0 aliphatic rings. The van der Waals surface area contributed by atoms with Gasteiger partial charge in [0.1, 0.15) is 0 Å². The van der Waals surface area contributed by atoms with E-state index < -0.39 is 0 Å². The lowest BCUT2D eigenvalue weighted by atomic mass is 9.79. The van der Waals surface area contributed by atoms with Gasteiger partial charge in [-0.25, -0.2) is 0 Å². The van der Waals surface area contributed by atoms with Crippen LogP contribution in [0.4, 0.5) is 0 Å². The first kappa shape index (κ1) is 18.5. The lowest BCUT2D eigenvalue weighted by Gasteiger charge is -2.29. The topological polar surface area (TPSA) is 26.3 Å². The molecule has 0 aromatic carbocycles. The fourth-order valence-electron chi connectivity index (χ4n) is 2.61. The van der Waals surface area contributed by atoms with Crippen LogP contribution in [0.2, 0.25) is 0 Å². The zero-order valence-electron chi connectivity index (χ0n) is 13.9. The van der Waals surface area contributed by atoms with Crippen LogP contribution in [0.5, 0.6) is 0 Å². The zero-order chi connectivity index (χ0) is 14.9. The smallest absolute Gasteiger partial charge is 0.305 e. The van der Waals surface area contributed by atoms with Crippen LogP contribution in [0.15, 0.2) is 0 Å². The van der Waals surface area contributed by atoms with Crippen molar-refractivity contribution in [2.24, 2.45) is 17.3 Å². The fourth-order valence-corrected chi connectivity index (χ4v) is 2.61. The average Bonchev–Trinajstić information content (AvgIpc) is 2.27. The molecule has 0 aliphatic carbocycles. The molecule has 0 amide bonds. The van der Waals surface area contributed by atoms with E-state index in [1.54, 1.807) is 0 Å². The molecular formula is C17H34O2. The molecule has 0 fully saturated rings. The SMILES string of the molecule is CCCCCC(=O)OCC(CC)C(C)CC(C)(C)C. The van der Waals surface area contributed by atoms with Crippen molar-refractivity contribution in [2.45, 2.75) is 80.1 Å². The summed E-state index contributed by atoms with van der Waals surface area (Å²) >= 11 is 0. The van der Waals surface area contributed by atoms with E-state index in [-0.39, 0.29) is 5.97 Å². The number of carbonyl (C=O) groups is 1. The maximum Gasteiger partial charge on any atom is 0.305 e. The van der Waals surface area contributed by atoms with Crippen LogP contribution in [0.3, 0.4) is 0 Å². The number of hydrogen-bond acceptors (Lipinski definition) is 2. The molecule has 0 aromatic heterocycles. The Balaban J connectivity index is 4.01. The van der Waals surface area contributed by atoms with Gasteiger partial charge >= 0.3 is 5.97 Å².